The van der Waals surface area contributed by atoms with Crippen molar-refractivity contribution in [3.63, 3.8) is 0 Å². The van der Waals surface area contributed by atoms with Crippen molar-refractivity contribution in [3.05, 3.63) is 78.7 Å². The van der Waals surface area contributed by atoms with E-state index in [1.165, 1.54) is 0 Å². The van der Waals surface area contributed by atoms with Crippen LogP contribution in [0.25, 0.3) is 12.2 Å². The molecule has 0 aliphatic carbocycles. The molecule has 2 amide bonds. The van der Waals surface area contributed by atoms with Crippen LogP contribution in [0.5, 0.6) is 0 Å². The van der Waals surface area contributed by atoms with Crippen molar-refractivity contribution in [2.75, 3.05) is 13.3 Å². The molecule has 4 N–H and O–H groups in total. The zero-order valence-corrected chi connectivity index (χ0v) is 26.8. The van der Waals surface area contributed by atoms with E-state index < -0.39 is 13.3 Å². The van der Waals surface area contributed by atoms with Crippen LogP contribution in [0.3, 0.4) is 0 Å². The Balaban J connectivity index is 1.84. The summed E-state index contributed by atoms with van der Waals surface area (Å²) in [7, 11) is 0. The molecular weight excluding hydrogens is 546 g/mol. The van der Waals surface area contributed by atoms with Gasteiger partial charge in [-0.2, -0.15) is 0 Å². The predicted molar refractivity (Wildman–Crippen MR) is 170 cm³/mol. The molecule has 4 heterocycles. The van der Waals surface area contributed by atoms with Gasteiger partial charge >= 0.3 is 0 Å². The van der Waals surface area contributed by atoms with Gasteiger partial charge in [0.25, 0.3) is 11.8 Å². The minimum atomic E-state index is -0.420. The molecule has 43 heavy (non-hydrogen) atoms. The van der Waals surface area contributed by atoms with Gasteiger partial charge in [0.2, 0.25) is 0 Å². The molecule has 2 aromatic heterocycles. The van der Waals surface area contributed by atoms with Crippen molar-refractivity contribution in [1.82, 2.24) is 20.6 Å². The molecule has 6 nitrogen and oxygen atoms in total. The lowest BCUT2D eigenvalue weighted by Gasteiger charge is -2.15. The van der Waals surface area contributed by atoms with Crippen molar-refractivity contribution < 1.29 is 18.4 Å². The lowest BCUT2D eigenvalue weighted by molar-refractivity contribution is -0.117. The molecule has 2 aromatic rings. The maximum absolute atomic E-state index is 13.6. The van der Waals surface area contributed by atoms with Crippen LogP contribution in [0.15, 0.2) is 33.7 Å². The maximum atomic E-state index is 13.6. The Labute approximate surface area is 254 Å². The summed E-state index contributed by atoms with van der Waals surface area (Å²) in [6.07, 6.45) is 6.77. The van der Waals surface area contributed by atoms with Gasteiger partial charge in [-0.3, -0.25) is 18.4 Å². The van der Waals surface area contributed by atoms with E-state index in [-0.39, 0.29) is 23.7 Å². The molecule has 4 rings (SSSR count). The Kier molecular flexibility index (Phi) is 9.98. The quantitative estimate of drug-likeness (QED) is 0.202. The van der Waals surface area contributed by atoms with E-state index in [1.807, 2.05) is 67.5 Å². The maximum Gasteiger partial charge on any atom is 0.251 e. The van der Waals surface area contributed by atoms with Crippen LogP contribution < -0.4 is 10.6 Å². The standard InChI is InChI=1S/C35H46F2N4O2/c1-9-24-20(5)34(42)40-28(24)15-26-22(7)32(18(3)11-13-36)30(38-26)17-31-33(19(4)12-14-37)23(8)27(39-31)16-29-25(10-2)21(6)35(43)41-29/h15-16,18-19,38-39H,9-14,17H2,1-8H3,(H,40,42)(H,41,43)/b28-15-,29-16-/t18-,19-/m0/s1. The van der Waals surface area contributed by atoms with Crippen LogP contribution >= 0.6 is 0 Å². The van der Waals surface area contributed by atoms with Crippen molar-refractivity contribution >= 4 is 24.0 Å². The highest BCUT2D eigenvalue weighted by atomic mass is 19.1. The Bertz CT molecular complexity index is 1440. The van der Waals surface area contributed by atoms with E-state index in [9.17, 15) is 18.4 Å². The summed E-state index contributed by atoms with van der Waals surface area (Å²) < 4.78 is 27.2. The first-order chi connectivity index (χ1) is 20.5. The summed E-state index contributed by atoms with van der Waals surface area (Å²) in [6.45, 7) is 15.1. The van der Waals surface area contributed by atoms with Crippen LogP contribution in [0.4, 0.5) is 8.78 Å². The molecular formula is C35H46F2N4O2. The summed E-state index contributed by atoms with van der Waals surface area (Å²) in [5.74, 6) is -0.211. The van der Waals surface area contributed by atoms with Gasteiger partial charge in [0.15, 0.2) is 0 Å². The molecule has 0 unspecified atom stereocenters. The second kappa shape index (κ2) is 13.3. The van der Waals surface area contributed by atoms with Gasteiger partial charge in [-0.25, -0.2) is 0 Å². The van der Waals surface area contributed by atoms with Gasteiger partial charge in [0, 0.05) is 51.7 Å². The van der Waals surface area contributed by atoms with Crippen molar-refractivity contribution in [1.29, 1.82) is 0 Å². The average molecular weight is 593 g/mol. The number of carbonyl (C=O) groups is 2. The summed E-state index contributed by atoms with van der Waals surface area (Å²) in [4.78, 5) is 32.0. The molecule has 232 valence electrons. The lowest BCUT2D eigenvalue weighted by atomic mass is 9.89. The Morgan fingerprint density at radius 2 is 1.05 bits per heavy atom. The molecule has 0 saturated heterocycles. The third kappa shape index (κ3) is 6.20. The van der Waals surface area contributed by atoms with E-state index in [1.54, 1.807) is 0 Å². The lowest BCUT2D eigenvalue weighted by Crippen LogP contribution is -2.15. The van der Waals surface area contributed by atoms with Crippen LogP contribution in [-0.4, -0.2) is 35.1 Å². The number of rotatable bonds is 12. The SMILES string of the molecule is CCC1=C(C)C(=O)N/C1=C\c1[nH]c(Cc2[nH]c(/C=C3\NC(=O)C(C)=C3CC)c(C)c2[C@@H](C)CCF)c([C@@H](C)CCF)c1C. The fourth-order valence-electron chi connectivity index (χ4n) is 6.79. The predicted octanol–water partition coefficient (Wildman–Crippen LogP) is 7.87. The number of aromatic nitrogens is 2. The number of allylic oxidation sites excluding steroid dienone is 2. The second-order valence-corrected chi connectivity index (χ2v) is 12.0. The first-order valence-electron chi connectivity index (χ1n) is 15.5. The molecule has 0 bridgehead atoms. The average Bonchev–Trinajstić information content (AvgIpc) is 3.61. The van der Waals surface area contributed by atoms with Crippen LogP contribution in [-0.2, 0) is 16.0 Å². The third-order valence-corrected chi connectivity index (χ3v) is 9.28. The summed E-state index contributed by atoms with van der Waals surface area (Å²) in [5.41, 5.74) is 13.0. The molecule has 2 aliphatic heterocycles. The van der Waals surface area contributed by atoms with Crippen molar-refractivity contribution in [3.8, 4) is 0 Å². The van der Waals surface area contributed by atoms with Gasteiger partial charge in [-0.15, -0.1) is 0 Å². The largest absolute Gasteiger partial charge is 0.358 e. The Morgan fingerprint density at radius 1 is 0.674 bits per heavy atom. The number of aromatic amines is 2. The highest BCUT2D eigenvalue weighted by Crippen LogP contribution is 2.37. The fraction of sp³-hybridized carbons (Fsp3) is 0.486. The fourth-order valence-corrected chi connectivity index (χ4v) is 6.79. The van der Waals surface area contributed by atoms with E-state index in [0.29, 0.717) is 19.3 Å². The zero-order chi connectivity index (χ0) is 31.6. The van der Waals surface area contributed by atoms with Gasteiger partial charge in [0.05, 0.1) is 13.3 Å². The number of hydrogen-bond donors (Lipinski definition) is 4. The van der Waals surface area contributed by atoms with E-state index >= 15 is 0 Å². The van der Waals surface area contributed by atoms with E-state index in [4.69, 9.17) is 0 Å². The van der Waals surface area contributed by atoms with Gasteiger partial charge < -0.3 is 20.6 Å². The molecule has 2 aliphatic rings. The topological polar surface area (TPSA) is 89.8 Å². The Hall–Kier alpha value is -3.68. The first kappa shape index (κ1) is 32.2. The van der Waals surface area contributed by atoms with Crippen LogP contribution in [0.1, 0.15) is 124 Å². The molecule has 0 fully saturated rings. The number of H-pyrrole nitrogens is 2. The minimum absolute atomic E-state index is 0.0252. The number of halogens is 2. The van der Waals surface area contributed by atoms with Gasteiger partial charge in [-0.1, -0.05) is 27.7 Å². The van der Waals surface area contributed by atoms with E-state index in [2.05, 4.69) is 20.6 Å². The van der Waals surface area contributed by atoms with Gasteiger partial charge in [-0.05, 0) is 111 Å². The second-order valence-electron chi connectivity index (χ2n) is 12.0. The normalized spacial score (nSPS) is 18.8. The zero-order valence-electron chi connectivity index (χ0n) is 26.8. The highest BCUT2D eigenvalue weighted by molar-refractivity contribution is 6.01. The number of alkyl halides is 2. The minimum Gasteiger partial charge on any atom is -0.358 e. The van der Waals surface area contributed by atoms with Crippen LogP contribution in [0.2, 0.25) is 0 Å². The van der Waals surface area contributed by atoms with Crippen molar-refractivity contribution in [2.24, 2.45) is 0 Å². The molecule has 2 atom stereocenters. The number of nitrogens with one attached hydrogen (secondary N) is 4. The molecule has 0 spiro atoms. The summed E-state index contributed by atoms with van der Waals surface area (Å²) in [5, 5.41) is 5.99. The summed E-state index contributed by atoms with van der Waals surface area (Å²) >= 11 is 0. The smallest absolute Gasteiger partial charge is 0.251 e. The molecule has 8 heteroatoms. The molecule has 0 radical (unpaired) electrons. The monoisotopic (exact) mass is 592 g/mol. The Morgan fingerprint density at radius 3 is 1.37 bits per heavy atom. The van der Waals surface area contributed by atoms with Gasteiger partial charge in [0.1, 0.15) is 0 Å². The molecule has 0 saturated carbocycles. The number of hydrogen-bond acceptors (Lipinski definition) is 2. The van der Waals surface area contributed by atoms with Crippen molar-refractivity contribution in [2.45, 2.75) is 99.3 Å². The third-order valence-electron chi connectivity index (χ3n) is 9.28. The molecule has 0 aromatic carbocycles. The number of amides is 2. The first-order valence-corrected chi connectivity index (χ1v) is 15.5. The summed E-state index contributed by atoms with van der Waals surface area (Å²) in [6, 6.07) is 0. The van der Waals surface area contributed by atoms with Crippen LogP contribution in [0, 0.1) is 13.8 Å². The highest BCUT2D eigenvalue weighted by Gasteiger charge is 2.27. The van der Waals surface area contributed by atoms with E-state index in [0.717, 1.165) is 91.6 Å². The number of carbonyl (C=O) groups excluding carboxylic acids is 2.